The third kappa shape index (κ3) is 1.95. The van der Waals surface area contributed by atoms with Gasteiger partial charge in [0.15, 0.2) is 5.78 Å². The molecule has 0 bridgehead atoms. The van der Waals surface area contributed by atoms with Crippen LogP contribution in [0.5, 0.6) is 0 Å². The maximum atomic E-state index is 13.0. The van der Waals surface area contributed by atoms with Crippen LogP contribution in [0.2, 0.25) is 0 Å². The maximum Gasteiger partial charge on any atom is 0.165 e. The van der Waals surface area contributed by atoms with Gasteiger partial charge >= 0.3 is 0 Å². The third-order valence-corrected chi connectivity index (χ3v) is 4.02. The molecule has 2 heterocycles. The topological polar surface area (TPSA) is 45.8 Å². The summed E-state index contributed by atoms with van der Waals surface area (Å²) in [5, 5.41) is 0.872. The Kier molecular flexibility index (Phi) is 2.64. The minimum Gasteiger partial charge on any atom is -0.343 e. The van der Waals surface area contributed by atoms with Crippen molar-refractivity contribution in [3.8, 4) is 11.1 Å². The first-order valence-corrected chi connectivity index (χ1v) is 7.02. The van der Waals surface area contributed by atoms with Crippen LogP contribution < -0.4 is 0 Å². The maximum absolute atomic E-state index is 13.0. The molecule has 4 heteroatoms. The van der Waals surface area contributed by atoms with Gasteiger partial charge in [0.1, 0.15) is 11.5 Å². The number of benzene rings is 1. The van der Waals surface area contributed by atoms with E-state index in [9.17, 15) is 9.18 Å². The number of hydrogen-bond donors (Lipinski definition) is 1. The van der Waals surface area contributed by atoms with Gasteiger partial charge in [0.2, 0.25) is 0 Å². The second-order valence-corrected chi connectivity index (χ2v) is 5.38. The van der Waals surface area contributed by atoms with E-state index in [1.807, 2.05) is 6.07 Å². The normalized spacial score (nSPS) is 14.4. The van der Waals surface area contributed by atoms with Crippen molar-refractivity contribution in [2.75, 3.05) is 0 Å². The second kappa shape index (κ2) is 4.52. The quantitative estimate of drug-likeness (QED) is 0.735. The van der Waals surface area contributed by atoms with Crippen molar-refractivity contribution in [1.82, 2.24) is 9.97 Å². The van der Waals surface area contributed by atoms with E-state index in [0.717, 1.165) is 46.3 Å². The van der Waals surface area contributed by atoms with Crippen molar-refractivity contribution in [2.24, 2.45) is 0 Å². The molecule has 1 aliphatic carbocycles. The lowest BCUT2D eigenvalue weighted by Crippen LogP contribution is -2.09. The van der Waals surface area contributed by atoms with Crippen molar-refractivity contribution in [2.45, 2.75) is 19.3 Å². The lowest BCUT2D eigenvalue weighted by molar-refractivity contribution is 0.0974. The summed E-state index contributed by atoms with van der Waals surface area (Å²) in [5.41, 5.74) is 4.31. The van der Waals surface area contributed by atoms with Crippen molar-refractivity contribution in [1.29, 1.82) is 0 Å². The number of carbonyl (C=O) groups is 1. The molecule has 0 saturated carbocycles. The standard InChI is InChI=1S/C17H13FN2O/c18-12-6-4-10(5-7-12)11-8-13-16-14(2-1-3-15(16)21)20-17(13)19-9-11/h4-9H,1-3H2,(H,19,20). The summed E-state index contributed by atoms with van der Waals surface area (Å²) >= 11 is 0. The number of Topliss-reactive ketones (excluding diaryl/α,β-unsaturated/α-hetero) is 1. The van der Waals surface area contributed by atoms with Crippen LogP contribution in [0, 0.1) is 5.82 Å². The Morgan fingerprint density at radius 3 is 2.71 bits per heavy atom. The number of nitrogens with one attached hydrogen (secondary N) is 1. The average Bonchev–Trinajstić information content (AvgIpc) is 2.87. The predicted octanol–water partition coefficient (Wildman–Crippen LogP) is 3.89. The van der Waals surface area contributed by atoms with Gasteiger partial charge in [-0.05, 0) is 36.6 Å². The lowest BCUT2D eigenvalue weighted by atomic mass is 9.94. The largest absolute Gasteiger partial charge is 0.343 e. The average molecular weight is 280 g/mol. The van der Waals surface area contributed by atoms with Crippen molar-refractivity contribution >= 4 is 16.8 Å². The molecule has 0 atom stereocenters. The molecule has 3 nitrogen and oxygen atoms in total. The van der Waals surface area contributed by atoms with Crippen LogP contribution in [-0.4, -0.2) is 15.8 Å². The Morgan fingerprint density at radius 1 is 1.10 bits per heavy atom. The molecule has 1 aromatic carbocycles. The number of H-pyrrole nitrogens is 1. The molecule has 21 heavy (non-hydrogen) atoms. The van der Waals surface area contributed by atoms with Gasteiger partial charge in [-0.2, -0.15) is 0 Å². The Bertz CT molecular complexity index is 849. The number of hydrogen-bond acceptors (Lipinski definition) is 2. The number of aryl methyl sites for hydroxylation is 1. The van der Waals surface area contributed by atoms with Crippen LogP contribution in [0.15, 0.2) is 36.5 Å². The minimum atomic E-state index is -0.262. The second-order valence-electron chi connectivity index (χ2n) is 5.38. The first-order chi connectivity index (χ1) is 10.2. The van der Waals surface area contributed by atoms with Crippen LogP contribution in [0.3, 0.4) is 0 Å². The van der Waals surface area contributed by atoms with E-state index >= 15 is 0 Å². The van der Waals surface area contributed by atoms with E-state index in [2.05, 4.69) is 9.97 Å². The van der Waals surface area contributed by atoms with Crippen molar-refractivity contribution in [3.05, 3.63) is 53.6 Å². The molecule has 0 amide bonds. The van der Waals surface area contributed by atoms with E-state index < -0.39 is 0 Å². The number of halogens is 1. The van der Waals surface area contributed by atoms with Crippen LogP contribution in [0.25, 0.3) is 22.2 Å². The predicted molar refractivity (Wildman–Crippen MR) is 78.8 cm³/mol. The SMILES string of the molecule is O=C1CCCc2[nH]c3ncc(-c4ccc(F)cc4)cc3c21. The van der Waals surface area contributed by atoms with Crippen molar-refractivity contribution in [3.63, 3.8) is 0 Å². The number of pyridine rings is 1. The molecule has 4 rings (SSSR count). The van der Waals surface area contributed by atoms with Gasteiger partial charge in [-0.15, -0.1) is 0 Å². The number of aromatic amines is 1. The van der Waals surface area contributed by atoms with Gasteiger partial charge in [0, 0.05) is 34.8 Å². The molecule has 0 aliphatic heterocycles. The molecule has 104 valence electrons. The molecule has 0 fully saturated rings. The highest BCUT2D eigenvalue weighted by Crippen LogP contribution is 2.31. The Balaban J connectivity index is 1.91. The van der Waals surface area contributed by atoms with Gasteiger partial charge < -0.3 is 4.98 Å². The first kappa shape index (κ1) is 12.3. The zero-order valence-corrected chi connectivity index (χ0v) is 11.3. The number of carbonyl (C=O) groups excluding carboxylic acids is 1. The minimum absolute atomic E-state index is 0.181. The van der Waals surface area contributed by atoms with Gasteiger partial charge in [-0.3, -0.25) is 4.79 Å². The first-order valence-electron chi connectivity index (χ1n) is 7.02. The lowest BCUT2D eigenvalue weighted by Gasteiger charge is -2.09. The van der Waals surface area contributed by atoms with Gasteiger partial charge in [0.25, 0.3) is 0 Å². The molecule has 0 saturated heterocycles. The molecule has 2 aromatic heterocycles. The Morgan fingerprint density at radius 2 is 1.90 bits per heavy atom. The summed E-state index contributed by atoms with van der Waals surface area (Å²) in [5.74, 6) is -0.0810. The van der Waals surface area contributed by atoms with E-state index in [-0.39, 0.29) is 11.6 Å². The molecule has 0 unspecified atom stereocenters. The van der Waals surface area contributed by atoms with Gasteiger partial charge in [0.05, 0.1) is 0 Å². The number of aromatic nitrogens is 2. The number of nitrogens with zero attached hydrogens (tertiary/aromatic N) is 1. The molecular weight excluding hydrogens is 267 g/mol. The molecule has 0 radical (unpaired) electrons. The molecule has 3 aromatic rings. The fraction of sp³-hybridized carbons (Fsp3) is 0.176. The van der Waals surface area contributed by atoms with E-state index in [4.69, 9.17) is 0 Å². The monoisotopic (exact) mass is 280 g/mol. The van der Waals surface area contributed by atoms with E-state index in [1.54, 1.807) is 18.3 Å². The van der Waals surface area contributed by atoms with Gasteiger partial charge in [-0.1, -0.05) is 12.1 Å². The van der Waals surface area contributed by atoms with Gasteiger partial charge in [-0.25, -0.2) is 9.37 Å². The summed E-state index contributed by atoms with van der Waals surface area (Å²) in [6, 6.07) is 8.26. The summed E-state index contributed by atoms with van der Waals surface area (Å²) in [7, 11) is 0. The number of fused-ring (bicyclic) bond motifs is 3. The summed E-state index contributed by atoms with van der Waals surface area (Å²) in [4.78, 5) is 19.8. The van der Waals surface area contributed by atoms with Crippen molar-refractivity contribution < 1.29 is 9.18 Å². The van der Waals surface area contributed by atoms with Crippen LogP contribution in [-0.2, 0) is 6.42 Å². The Labute approximate surface area is 120 Å². The third-order valence-electron chi connectivity index (χ3n) is 4.02. The highest BCUT2D eigenvalue weighted by molar-refractivity contribution is 6.09. The molecule has 1 N–H and O–H groups in total. The zero-order valence-electron chi connectivity index (χ0n) is 11.3. The Hall–Kier alpha value is -2.49. The van der Waals surface area contributed by atoms with E-state index in [1.165, 1.54) is 12.1 Å². The van der Waals surface area contributed by atoms with Crippen LogP contribution >= 0.6 is 0 Å². The van der Waals surface area contributed by atoms with Crippen LogP contribution in [0.1, 0.15) is 28.9 Å². The smallest absolute Gasteiger partial charge is 0.165 e. The number of ketones is 1. The highest BCUT2D eigenvalue weighted by atomic mass is 19.1. The summed E-state index contributed by atoms with van der Waals surface area (Å²) in [6.45, 7) is 0. The molecular formula is C17H13FN2O. The number of rotatable bonds is 1. The van der Waals surface area contributed by atoms with Crippen LogP contribution in [0.4, 0.5) is 4.39 Å². The fourth-order valence-corrected chi connectivity index (χ4v) is 2.98. The molecule has 0 spiro atoms. The molecule has 1 aliphatic rings. The fourth-order valence-electron chi connectivity index (χ4n) is 2.98. The summed E-state index contributed by atoms with van der Waals surface area (Å²) in [6.07, 6.45) is 4.13. The highest BCUT2D eigenvalue weighted by Gasteiger charge is 2.23. The van der Waals surface area contributed by atoms with E-state index in [0.29, 0.717) is 6.42 Å². The zero-order chi connectivity index (χ0) is 14.4. The summed E-state index contributed by atoms with van der Waals surface area (Å²) < 4.78 is 13.0.